The second-order valence-corrected chi connectivity index (χ2v) is 10.2. The van der Waals surface area contributed by atoms with Gasteiger partial charge in [-0.2, -0.15) is 4.31 Å². The Kier molecular flexibility index (Phi) is 7.09. The number of amides is 1. The van der Waals surface area contributed by atoms with Gasteiger partial charge in [-0.1, -0.05) is 45.7 Å². The van der Waals surface area contributed by atoms with E-state index >= 15 is 0 Å². The molecule has 0 aromatic heterocycles. The highest BCUT2D eigenvalue weighted by Gasteiger charge is 2.35. The fourth-order valence-corrected chi connectivity index (χ4v) is 5.01. The van der Waals surface area contributed by atoms with Crippen LogP contribution in [0, 0.1) is 13.8 Å². The summed E-state index contributed by atoms with van der Waals surface area (Å²) >= 11 is 9.28. The third kappa shape index (κ3) is 5.29. The molecule has 5 nitrogen and oxygen atoms in total. The number of benzene rings is 3. The Bertz CT molecular complexity index is 1210. The van der Waals surface area contributed by atoms with Crippen LogP contribution in [-0.4, -0.2) is 20.4 Å². The van der Waals surface area contributed by atoms with E-state index in [4.69, 9.17) is 16.3 Å². The van der Waals surface area contributed by atoms with Crippen LogP contribution in [0.1, 0.15) is 18.1 Å². The maximum atomic E-state index is 13.6. The zero-order valence-electron chi connectivity index (χ0n) is 17.2. The van der Waals surface area contributed by atoms with E-state index < -0.39 is 22.0 Å². The quantitative estimate of drug-likeness (QED) is 0.404. The van der Waals surface area contributed by atoms with E-state index in [9.17, 15) is 13.2 Å². The van der Waals surface area contributed by atoms with Crippen molar-refractivity contribution in [3.05, 3.63) is 87.4 Å². The Morgan fingerprint density at radius 3 is 2.35 bits per heavy atom. The number of hydrogen-bond donors (Lipinski definition) is 0. The topological polar surface area (TPSA) is 63.7 Å². The molecule has 0 heterocycles. The minimum absolute atomic E-state index is 0.0409. The van der Waals surface area contributed by atoms with Crippen molar-refractivity contribution in [3.63, 3.8) is 0 Å². The molecule has 0 N–H and O–H groups in total. The fraction of sp³-hybridized carbons (Fsp3) is 0.174. The van der Waals surface area contributed by atoms with Gasteiger partial charge in [0.25, 0.3) is 15.9 Å². The summed E-state index contributed by atoms with van der Waals surface area (Å²) in [4.78, 5) is 13.4. The van der Waals surface area contributed by atoms with E-state index in [0.29, 0.717) is 16.3 Å². The normalized spacial score (nSPS) is 12.3. The number of carbonyl (C=O) groups excluding carboxylic acids is 1. The standard InChI is InChI=1S/C23H21BrClNO4S/c1-15-7-8-16(2)22(13-15)26(31(28,29)21-11-9-19(25)10-12-21)23(27)17(3)30-20-6-4-5-18(24)14-20/h4-14,17H,1-3H3. The zero-order chi connectivity index (χ0) is 22.8. The van der Waals surface area contributed by atoms with Gasteiger partial charge in [-0.15, -0.1) is 0 Å². The van der Waals surface area contributed by atoms with E-state index in [1.165, 1.54) is 31.2 Å². The summed E-state index contributed by atoms with van der Waals surface area (Å²) in [5, 5.41) is 0.398. The van der Waals surface area contributed by atoms with Crippen LogP contribution < -0.4 is 9.04 Å². The predicted molar refractivity (Wildman–Crippen MR) is 126 cm³/mol. The highest BCUT2D eigenvalue weighted by Crippen LogP contribution is 2.30. The molecular formula is C23H21BrClNO4S. The van der Waals surface area contributed by atoms with E-state index in [1.54, 1.807) is 37.3 Å². The summed E-state index contributed by atoms with van der Waals surface area (Å²) in [6.07, 6.45) is -1.06. The molecule has 1 unspecified atom stereocenters. The van der Waals surface area contributed by atoms with Crippen LogP contribution in [-0.2, 0) is 14.8 Å². The van der Waals surface area contributed by atoms with Gasteiger partial charge in [0.05, 0.1) is 10.6 Å². The number of hydrogen-bond acceptors (Lipinski definition) is 4. The van der Waals surface area contributed by atoms with Crippen molar-refractivity contribution in [3.8, 4) is 5.75 Å². The molecule has 3 rings (SSSR count). The van der Waals surface area contributed by atoms with Gasteiger partial charge in [-0.05, 0) is 80.4 Å². The van der Waals surface area contributed by atoms with E-state index in [2.05, 4.69) is 15.9 Å². The molecule has 0 spiro atoms. The largest absolute Gasteiger partial charge is 0.481 e. The van der Waals surface area contributed by atoms with Crippen molar-refractivity contribution in [1.29, 1.82) is 0 Å². The molecular weight excluding hydrogens is 502 g/mol. The number of halogens is 2. The van der Waals surface area contributed by atoms with Crippen molar-refractivity contribution in [1.82, 2.24) is 0 Å². The van der Waals surface area contributed by atoms with Crippen LogP contribution in [0.2, 0.25) is 5.02 Å². The minimum atomic E-state index is -4.22. The molecule has 0 saturated carbocycles. The minimum Gasteiger partial charge on any atom is -0.481 e. The Morgan fingerprint density at radius 2 is 1.71 bits per heavy atom. The van der Waals surface area contributed by atoms with Gasteiger partial charge >= 0.3 is 0 Å². The van der Waals surface area contributed by atoms with Crippen LogP contribution in [0.4, 0.5) is 5.69 Å². The smallest absolute Gasteiger partial charge is 0.281 e. The number of nitrogens with zero attached hydrogens (tertiary/aromatic N) is 1. The van der Waals surface area contributed by atoms with E-state index in [1.807, 2.05) is 19.1 Å². The van der Waals surface area contributed by atoms with Gasteiger partial charge < -0.3 is 4.74 Å². The number of sulfonamides is 1. The summed E-state index contributed by atoms with van der Waals surface area (Å²) in [5.41, 5.74) is 1.75. The maximum absolute atomic E-state index is 13.6. The molecule has 0 bridgehead atoms. The van der Waals surface area contributed by atoms with Crippen LogP contribution in [0.15, 0.2) is 76.1 Å². The van der Waals surface area contributed by atoms with Crippen molar-refractivity contribution < 1.29 is 17.9 Å². The lowest BCUT2D eigenvalue weighted by Crippen LogP contribution is -2.44. The highest BCUT2D eigenvalue weighted by atomic mass is 79.9. The average molecular weight is 523 g/mol. The molecule has 3 aromatic rings. The SMILES string of the molecule is Cc1ccc(C)c(N(C(=O)C(C)Oc2cccc(Br)c2)S(=O)(=O)c2ccc(Cl)cc2)c1. The molecule has 0 radical (unpaired) electrons. The lowest BCUT2D eigenvalue weighted by molar-refractivity contribution is -0.123. The second kappa shape index (κ2) is 9.42. The zero-order valence-corrected chi connectivity index (χ0v) is 20.3. The molecule has 0 aliphatic carbocycles. The molecule has 0 fully saturated rings. The van der Waals surface area contributed by atoms with Gasteiger partial charge in [-0.25, -0.2) is 8.42 Å². The Labute approximate surface area is 195 Å². The molecule has 0 aliphatic rings. The molecule has 162 valence electrons. The summed E-state index contributed by atoms with van der Waals surface area (Å²) in [6.45, 7) is 5.12. The first-order chi connectivity index (χ1) is 14.6. The lowest BCUT2D eigenvalue weighted by atomic mass is 10.1. The molecule has 0 aliphatic heterocycles. The number of rotatable bonds is 6. The Balaban J connectivity index is 2.08. The third-order valence-electron chi connectivity index (χ3n) is 4.59. The Hall–Kier alpha value is -2.35. The summed E-state index contributed by atoms with van der Waals surface area (Å²) < 4.78 is 34.5. The molecule has 8 heteroatoms. The molecule has 0 saturated heterocycles. The molecule has 1 amide bonds. The maximum Gasteiger partial charge on any atom is 0.281 e. The summed E-state index contributed by atoms with van der Waals surface area (Å²) in [7, 11) is -4.22. The second-order valence-electron chi connectivity index (χ2n) is 7.07. The molecule has 31 heavy (non-hydrogen) atoms. The van der Waals surface area contributed by atoms with E-state index in [0.717, 1.165) is 14.3 Å². The number of anilines is 1. The summed E-state index contributed by atoms with van der Waals surface area (Å²) in [5.74, 6) is -0.261. The number of ether oxygens (including phenoxy) is 1. The van der Waals surface area contributed by atoms with Crippen molar-refractivity contribution in [2.45, 2.75) is 31.8 Å². The van der Waals surface area contributed by atoms with Crippen molar-refractivity contribution in [2.75, 3.05) is 4.31 Å². The third-order valence-corrected chi connectivity index (χ3v) is 7.06. The van der Waals surface area contributed by atoms with Gasteiger partial charge in [0, 0.05) is 9.50 Å². The Morgan fingerprint density at radius 1 is 1.03 bits per heavy atom. The number of aryl methyl sites for hydroxylation is 2. The first-order valence-corrected chi connectivity index (χ1v) is 12.0. The van der Waals surface area contributed by atoms with Gasteiger partial charge in [0.1, 0.15) is 5.75 Å². The summed E-state index contributed by atoms with van der Waals surface area (Å²) in [6, 6.07) is 18.0. The van der Waals surface area contributed by atoms with Crippen molar-refractivity contribution >= 4 is 49.1 Å². The van der Waals surface area contributed by atoms with Crippen LogP contribution in [0.25, 0.3) is 0 Å². The van der Waals surface area contributed by atoms with Gasteiger partial charge in [-0.3, -0.25) is 4.79 Å². The van der Waals surface area contributed by atoms with Gasteiger partial charge in [0.2, 0.25) is 0 Å². The first-order valence-electron chi connectivity index (χ1n) is 9.44. The highest BCUT2D eigenvalue weighted by molar-refractivity contribution is 9.10. The van der Waals surface area contributed by atoms with Gasteiger partial charge in [0.15, 0.2) is 6.10 Å². The number of carbonyl (C=O) groups is 1. The van der Waals surface area contributed by atoms with E-state index in [-0.39, 0.29) is 10.6 Å². The van der Waals surface area contributed by atoms with Crippen LogP contribution >= 0.6 is 27.5 Å². The van der Waals surface area contributed by atoms with Crippen molar-refractivity contribution in [2.24, 2.45) is 0 Å². The molecule has 1 atom stereocenters. The fourth-order valence-electron chi connectivity index (χ4n) is 2.98. The lowest BCUT2D eigenvalue weighted by Gasteiger charge is -2.27. The molecule has 3 aromatic carbocycles. The average Bonchev–Trinajstić information content (AvgIpc) is 2.71. The first kappa shape index (κ1) is 23.3. The predicted octanol–water partition coefficient (Wildman–Crippen LogP) is 5.91. The van der Waals surface area contributed by atoms with Crippen LogP contribution in [0.5, 0.6) is 5.75 Å². The monoisotopic (exact) mass is 521 g/mol. The van der Waals surface area contributed by atoms with Crippen LogP contribution in [0.3, 0.4) is 0 Å².